The van der Waals surface area contributed by atoms with Crippen molar-refractivity contribution in [3.8, 4) is 0 Å². The summed E-state index contributed by atoms with van der Waals surface area (Å²) in [6.45, 7) is 0. The number of nitrogens with one attached hydrogen (secondary N) is 3. The highest BCUT2D eigenvalue weighted by Crippen LogP contribution is 2.43. The van der Waals surface area contributed by atoms with Crippen LogP contribution in [0.1, 0.15) is 40.4 Å². The third kappa shape index (κ3) is 3.33. The molecule has 3 N–H and O–H groups in total. The molecular weight excluding hydrogens is 410 g/mol. The molecule has 5 nitrogen and oxygen atoms in total. The van der Waals surface area contributed by atoms with Crippen molar-refractivity contribution in [2.75, 3.05) is 10.6 Å². The molecule has 0 unspecified atom stereocenters. The number of fused-ring (bicyclic) bond motifs is 3. The first-order valence-corrected chi connectivity index (χ1v) is 11.3. The first-order valence-electron chi connectivity index (χ1n) is 11.3. The highest BCUT2D eigenvalue weighted by Gasteiger charge is 2.38. The van der Waals surface area contributed by atoms with E-state index in [0.29, 0.717) is 17.5 Å². The number of allylic oxidation sites excluding steroid dienone is 1. The second-order valence-corrected chi connectivity index (χ2v) is 8.63. The summed E-state index contributed by atoms with van der Waals surface area (Å²) >= 11 is 0. The number of aromatic amines is 1. The van der Waals surface area contributed by atoms with Gasteiger partial charge in [0.25, 0.3) is 0 Å². The number of H-pyrrole nitrogens is 1. The maximum absolute atomic E-state index is 13.1. The van der Waals surface area contributed by atoms with Crippen LogP contribution in [0.4, 0.5) is 11.4 Å². The van der Waals surface area contributed by atoms with E-state index in [9.17, 15) is 9.59 Å². The summed E-state index contributed by atoms with van der Waals surface area (Å²) in [5.74, 6) is -0.127. The molecule has 5 heteroatoms. The topological polar surface area (TPSA) is 74.0 Å². The summed E-state index contributed by atoms with van der Waals surface area (Å²) in [6.07, 6.45) is 5.37. The first kappa shape index (κ1) is 19.6. The van der Waals surface area contributed by atoms with Gasteiger partial charge in [0.15, 0.2) is 5.78 Å². The highest BCUT2D eigenvalue weighted by molar-refractivity contribution is 6.10. The molecule has 0 radical (unpaired) electrons. The summed E-state index contributed by atoms with van der Waals surface area (Å²) in [4.78, 5) is 29.5. The normalized spacial score (nSPS) is 19.5. The summed E-state index contributed by atoms with van der Waals surface area (Å²) in [5, 5.41) is 8.23. The Labute approximate surface area is 191 Å². The second-order valence-electron chi connectivity index (χ2n) is 8.63. The van der Waals surface area contributed by atoms with Crippen molar-refractivity contribution in [1.82, 2.24) is 4.98 Å². The average Bonchev–Trinajstić information content (AvgIpc) is 3.20. The Balaban J connectivity index is 1.45. The van der Waals surface area contributed by atoms with Gasteiger partial charge in [0.05, 0.1) is 23.3 Å². The zero-order valence-electron chi connectivity index (χ0n) is 18.0. The monoisotopic (exact) mass is 433 g/mol. The fourth-order valence-corrected chi connectivity index (χ4v) is 5.01. The molecule has 162 valence electrons. The fraction of sp³-hybridized carbons (Fsp3) is 0.143. The van der Waals surface area contributed by atoms with Gasteiger partial charge in [-0.05, 0) is 30.7 Å². The number of benzene rings is 3. The van der Waals surface area contributed by atoms with Gasteiger partial charge in [-0.1, -0.05) is 54.6 Å². The lowest BCUT2D eigenvalue weighted by molar-refractivity contribution is -0.122. The second kappa shape index (κ2) is 7.78. The van der Waals surface area contributed by atoms with Crippen LogP contribution in [-0.4, -0.2) is 16.6 Å². The van der Waals surface area contributed by atoms with E-state index in [4.69, 9.17) is 0 Å². The van der Waals surface area contributed by atoms with Crippen molar-refractivity contribution in [1.29, 1.82) is 0 Å². The van der Waals surface area contributed by atoms with Gasteiger partial charge in [-0.2, -0.15) is 0 Å². The van der Waals surface area contributed by atoms with Crippen molar-refractivity contribution in [2.24, 2.45) is 5.92 Å². The molecule has 4 aromatic rings. The van der Waals surface area contributed by atoms with Crippen molar-refractivity contribution in [3.63, 3.8) is 0 Å². The van der Waals surface area contributed by atoms with E-state index in [2.05, 4.69) is 27.8 Å². The number of rotatable bonds is 3. The Morgan fingerprint density at radius 2 is 1.70 bits per heavy atom. The molecule has 0 amide bonds. The van der Waals surface area contributed by atoms with E-state index in [0.717, 1.165) is 40.0 Å². The zero-order chi connectivity index (χ0) is 22.4. The van der Waals surface area contributed by atoms with Gasteiger partial charge in [-0.25, -0.2) is 0 Å². The Morgan fingerprint density at radius 3 is 2.58 bits per heavy atom. The standard InChI is InChI=1S/C28H23N3O2/c32-25-12-6-11-23-26(25)27(20-16-29-21-10-5-4-9-19(20)21)31-22-14-13-18(15-24(22)30-23)28(33)17-7-2-1-3-8-17/h1-5,7-11,13-16,26-27,29-31H,6,12H2/t26-,27+/m1/s1. The molecule has 2 aliphatic rings. The van der Waals surface area contributed by atoms with Crippen LogP contribution in [0.5, 0.6) is 0 Å². The Morgan fingerprint density at radius 1 is 0.879 bits per heavy atom. The number of para-hydroxylation sites is 1. The van der Waals surface area contributed by atoms with Crippen LogP contribution in [0.2, 0.25) is 0 Å². The zero-order valence-corrected chi connectivity index (χ0v) is 18.0. The summed E-state index contributed by atoms with van der Waals surface area (Å²) in [7, 11) is 0. The third-order valence-corrected chi connectivity index (χ3v) is 6.63. The summed E-state index contributed by atoms with van der Waals surface area (Å²) in [6, 6.07) is 22.9. The minimum atomic E-state index is -0.321. The molecule has 33 heavy (non-hydrogen) atoms. The lowest BCUT2D eigenvalue weighted by atomic mass is 9.82. The SMILES string of the molecule is O=C(c1ccccc1)c1ccc2c(c1)NC1=CCCC(=O)[C@@H]1[C@H](c1c[nH]c3ccccc13)N2. The Hall–Kier alpha value is -4.12. The Kier molecular flexibility index (Phi) is 4.61. The predicted octanol–water partition coefficient (Wildman–Crippen LogP) is 5.84. The van der Waals surface area contributed by atoms with Gasteiger partial charge in [-0.3, -0.25) is 9.59 Å². The summed E-state index contributed by atoms with van der Waals surface area (Å²) in [5.41, 5.74) is 5.96. The lowest BCUT2D eigenvalue weighted by Crippen LogP contribution is -2.31. The molecule has 0 spiro atoms. The number of hydrogen-bond acceptors (Lipinski definition) is 4. The summed E-state index contributed by atoms with van der Waals surface area (Å²) < 4.78 is 0. The molecule has 2 heterocycles. The van der Waals surface area contributed by atoms with Crippen LogP contribution in [0, 0.1) is 5.92 Å². The molecule has 3 aromatic carbocycles. The van der Waals surface area contributed by atoms with E-state index in [1.54, 1.807) is 0 Å². The number of hydrogen-bond donors (Lipinski definition) is 3. The van der Waals surface area contributed by atoms with Crippen molar-refractivity contribution < 1.29 is 9.59 Å². The smallest absolute Gasteiger partial charge is 0.193 e. The molecule has 1 aliphatic carbocycles. The van der Waals surface area contributed by atoms with Crippen LogP contribution in [-0.2, 0) is 4.79 Å². The van der Waals surface area contributed by atoms with Gasteiger partial charge in [-0.15, -0.1) is 0 Å². The van der Waals surface area contributed by atoms with Crippen LogP contribution < -0.4 is 10.6 Å². The number of Topliss-reactive ketones (excluding diaryl/α,β-unsaturated/α-hetero) is 1. The largest absolute Gasteiger partial charge is 0.375 e. The highest BCUT2D eigenvalue weighted by atomic mass is 16.1. The molecule has 0 saturated carbocycles. The van der Waals surface area contributed by atoms with E-state index in [-0.39, 0.29) is 23.5 Å². The molecule has 1 aromatic heterocycles. The number of aromatic nitrogens is 1. The van der Waals surface area contributed by atoms with Crippen LogP contribution in [0.25, 0.3) is 10.9 Å². The van der Waals surface area contributed by atoms with Gasteiger partial charge in [0.1, 0.15) is 5.78 Å². The van der Waals surface area contributed by atoms with Crippen LogP contribution in [0.15, 0.2) is 90.8 Å². The van der Waals surface area contributed by atoms with Gasteiger partial charge >= 0.3 is 0 Å². The number of carbonyl (C=O) groups excluding carboxylic acids is 2. The number of carbonyl (C=O) groups is 2. The molecular formula is C28H23N3O2. The van der Waals surface area contributed by atoms with Crippen LogP contribution >= 0.6 is 0 Å². The molecule has 2 atom stereocenters. The van der Waals surface area contributed by atoms with E-state index >= 15 is 0 Å². The fourth-order valence-electron chi connectivity index (χ4n) is 5.01. The van der Waals surface area contributed by atoms with Gasteiger partial charge in [0, 0.05) is 45.9 Å². The molecule has 0 bridgehead atoms. The van der Waals surface area contributed by atoms with E-state index < -0.39 is 0 Å². The third-order valence-electron chi connectivity index (χ3n) is 6.63. The number of anilines is 2. The van der Waals surface area contributed by atoms with Gasteiger partial charge in [0.2, 0.25) is 0 Å². The maximum atomic E-state index is 13.1. The quantitative estimate of drug-likeness (QED) is 0.355. The van der Waals surface area contributed by atoms with Crippen LogP contribution in [0.3, 0.4) is 0 Å². The van der Waals surface area contributed by atoms with Crippen molar-refractivity contribution >= 4 is 33.8 Å². The molecule has 0 fully saturated rings. The van der Waals surface area contributed by atoms with Crippen molar-refractivity contribution in [2.45, 2.75) is 18.9 Å². The van der Waals surface area contributed by atoms with Crippen molar-refractivity contribution in [3.05, 3.63) is 107 Å². The van der Waals surface area contributed by atoms with Gasteiger partial charge < -0.3 is 15.6 Å². The Bertz CT molecular complexity index is 1420. The maximum Gasteiger partial charge on any atom is 0.193 e. The van der Waals surface area contributed by atoms with E-state index in [1.807, 2.05) is 72.9 Å². The lowest BCUT2D eigenvalue weighted by Gasteiger charge is -2.29. The molecule has 6 rings (SSSR count). The molecule has 0 saturated heterocycles. The number of ketones is 2. The average molecular weight is 434 g/mol. The predicted molar refractivity (Wildman–Crippen MR) is 130 cm³/mol. The minimum absolute atomic E-state index is 0.0251. The first-order chi connectivity index (χ1) is 16.2. The minimum Gasteiger partial charge on any atom is -0.375 e. The van der Waals surface area contributed by atoms with E-state index in [1.165, 1.54) is 0 Å². The molecule has 1 aliphatic heterocycles.